The topological polar surface area (TPSA) is 167 Å². The van der Waals surface area contributed by atoms with E-state index < -0.39 is 25.6 Å². The van der Waals surface area contributed by atoms with Crippen LogP contribution in [0.3, 0.4) is 0 Å². The number of nitrogens with two attached hydrogens (primary N) is 1. The largest absolute Gasteiger partial charge is 1.00 e. The van der Waals surface area contributed by atoms with E-state index in [1.54, 1.807) is 4.57 Å². The number of hydrogen-bond acceptors (Lipinski definition) is 10. The Balaban J connectivity index is 0.00000968. The summed E-state index contributed by atoms with van der Waals surface area (Å²) in [7, 11) is -2.76. The molecule has 0 aromatic carbocycles. The molecule has 44 heavy (non-hydrogen) atoms. The molecular formula is C30H55N5NaO7P. The normalized spacial score (nSPS) is 13.6. The van der Waals surface area contributed by atoms with Crippen molar-refractivity contribution in [3.63, 3.8) is 0 Å². The van der Waals surface area contributed by atoms with Gasteiger partial charge in [-0.25, -0.2) is 4.98 Å². The summed E-state index contributed by atoms with van der Waals surface area (Å²) in [6.45, 7) is 3.27. The Hall–Kier alpha value is -0.820. The average Bonchev–Trinajstić information content (AvgIpc) is 3.37. The van der Waals surface area contributed by atoms with Gasteiger partial charge in [-0.05, 0) is 6.42 Å². The van der Waals surface area contributed by atoms with E-state index in [0.29, 0.717) is 6.61 Å². The molecule has 0 radical (unpaired) electrons. The van der Waals surface area contributed by atoms with Gasteiger partial charge < -0.3 is 38.5 Å². The van der Waals surface area contributed by atoms with Crippen molar-refractivity contribution in [1.29, 1.82) is 0 Å². The third-order valence-electron chi connectivity index (χ3n) is 7.37. The first kappa shape index (κ1) is 41.2. The Morgan fingerprint density at radius 1 is 0.932 bits per heavy atom. The number of ether oxygens (including phenoxy) is 3. The van der Waals surface area contributed by atoms with Crippen molar-refractivity contribution in [3.8, 4) is 0 Å². The minimum absolute atomic E-state index is 0. The molecule has 0 spiro atoms. The Bertz CT molecular complexity index is 1100. The number of nitrogens with zero attached hydrogens (tertiary/aromatic N) is 3. The molecule has 0 fully saturated rings. The number of rotatable bonds is 28. The number of aromatic nitrogens is 4. The monoisotopic (exact) mass is 651 g/mol. The van der Waals surface area contributed by atoms with Gasteiger partial charge >= 0.3 is 29.6 Å². The van der Waals surface area contributed by atoms with Crippen LogP contribution >= 0.6 is 7.60 Å². The second-order valence-electron chi connectivity index (χ2n) is 11.3. The van der Waals surface area contributed by atoms with Crippen LogP contribution in [0.15, 0.2) is 11.1 Å². The van der Waals surface area contributed by atoms with Crippen LogP contribution < -0.4 is 45.7 Å². The molecule has 0 amide bonds. The molecule has 2 atom stereocenters. The third-order valence-corrected chi connectivity index (χ3v) is 8.41. The predicted molar refractivity (Wildman–Crippen MR) is 168 cm³/mol. The zero-order chi connectivity index (χ0) is 31.2. The van der Waals surface area contributed by atoms with Gasteiger partial charge in [0, 0.05) is 13.7 Å². The van der Waals surface area contributed by atoms with Gasteiger partial charge in [-0.1, -0.05) is 103 Å². The SMILES string of the molecule is CCCCCCCCCCCCCCCCCCOCCOP(=O)([O-])CO[C@H](COC)Cn1cnc2c(=O)[nH]c(N)nc21.[Na+]. The summed E-state index contributed by atoms with van der Waals surface area (Å²) in [5.41, 5.74) is 5.57. The molecule has 2 aromatic heterocycles. The first-order chi connectivity index (χ1) is 20.9. The number of aromatic amines is 1. The van der Waals surface area contributed by atoms with Crippen LogP contribution in [-0.2, 0) is 29.8 Å². The molecule has 0 saturated carbocycles. The standard InChI is InChI=1S/C30H56N5O7P.Na/c1-3-4-5-6-7-8-9-10-11-12-13-14-15-16-17-18-19-40-20-21-42-43(37,38)25-41-26(23-39-2)22-35-24-32-27-28(35)33-30(31)34-29(27)36;/h24,26H,3-23,25H2,1-2H3,(H,37,38)(H3,31,33,34,36);/q;+1/p-1/t26-;/m0./s1. The molecule has 0 aliphatic rings. The molecule has 2 heterocycles. The van der Waals surface area contributed by atoms with Crippen LogP contribution in [0, 0.1) is 0 Å². The van der Waals surface area contributed by atoms with Gasteiger partial charge in [-0.3, -0.25) is 9.78 Å². The number of hydrogen-bond donors (Lipinski definition) is 2. The van der Waals surface area contributed by atoms with Crippen molar-refractivity contribution in [3.05, 3.63) is 16.7 Å². The summed E-state index contributed by atoms with van der Waals surface area (Å²) in [4.78, 5) is 34.8. The van der Waals surface area contributed by atoms with Gasteiger partial charge in [0.15, 0.2) is 18.8 Å². The summed E-state index contributed by atoms with van der Waals surface area (Å²) in [6.07, 6.45) is 21.2. The van der Waals surface area contributed by atoms with E-state index in [2.05, 4.69) is 21.9 Å². The van der Waals surface area contributed by atoms with Crippen molar-refractivity contribution >= 4 is 24.7 Å². The number of methoxy groups -OCH3 is 1. The van der Waals surface area contributed by atoms with E-state index >= 15 is 0 Å². The second-order valence-corrected chi connectivity index (χ2v) is 13.0. The Morgan fingerprint density at radius 3 is 2.07 bits per heavy atom. The molecule has 3 N–H and O–H groups in total. The molecule has 0 saturated heterocycles. The maximum absolute atomic E-state index is 12.3. The average molecular weight is 652 g/mol. The van der Waals surface area contributed by atoms with Gasteiger partial charge in [0.2, 0.25) is 5.95 Å². The van der Waals surface area contributed by atoms with E-state index in [1.807, 2.05) is 0 Å². The van der Waals surface area contributed by atoms with Crippen LogP contribution in [0.2, 0.25) is 0 Å². The van der Waals surface area contributed by atoms with Crippen LogP contribution in [0.5, 0.6) is 0 Å². The van der Waals surface area contributed by atoms with Crippen LogP contribution in [0.1, 0.15) is 110 Å². The van der Waals surface area contributed by atoms with Gasteiger partial charge in [0.1, 0.15) is 6.35 Å². The fourth-order valence-electron chi connectivity index (χ4n) is 4.99. The number of nitrogens with one attached hydrogen (secondary N) is 1. The fraction of sp³-hybridized carbons (Fsp3) is 0.833. The first-order valence-corrected chi connectivity index (χ1v) is 17.9. The van der Waals surface area contributed by atoms with Gasteiger partial charge in [-0.15, -0.1) is 0 Å². The molecule has 2 aromatic rings. The summed E-state index contributed by atoms with van der Waals surface area (Å²) in [5, 5.41) is 0. The predicted octanol–water partition coefficient (Wildman–Crippen LogP) is 2.54. The van der Waals surface area contributed by atoms with E-state index in [1.165, 1.54) is 103 Å². The van der Waals surface area contributed by atoms with Crippen molar-refractivity contribution in [2.45, 2.75) is 122 Å². The van der Waals surface area contributed by atoms with E-state index in [0.717, 1.165) is 12.8 Å². The number of H-pyrrole nitrogens is 1. The maximum atomic E-state index is 12.3. The maximum Gasteiger partial charge on any atom is 1.00 e. The zero-order valence-corrected chi connectivity index (χ0v) is 30.3. The Morgan fingerprint density at radius 2 is 1.50 bits per heavy atom. The second kappa shape index (κ2) is 25.3. The van der Waals surface area contributed by atoms with Crippen LogP contribution in [-0.4, -0.2) is 65.5 Å². The van der Waals surface area contributed by atoms with Crippen molar-refractivity contribution in [2.24, 2.45) is 0 Å². The Kier molecular flexibility index (Phi) is 23.7. The van der Waals surface area contributed by atoms with Gasteiger partial charge in [-0.2, -0.15) is 4.98 Å². The smallest absolute Gasteiger partial charge is 0.777 e. The molecule has 2 rings (SSSR count). The molecule has 0 bridgehead atoms. The molecule has 0 aliphatic carbocycles. The number of nitrogen functional groups attached to an aromatic ring is 1. The minimum atomic E-state index is -4.24. The van der Waals surface area contributed by atoms with Crippen molar-refractivity contribution in [1.82, 2.24) is 19.5 Å². The van der Waals surface area contributed by atoms with Gasteiger partial charge in [0.25, 0.3) is 5.56 Å². The van der Waals surface area contributed by atoms with E-state index in [9.17, 15) is 14.3 Å². The summed E-state index contributed by atoms with van der Waals surface area (Å²) >= 11 is 0. The van der Waals surface area contributed by atoms with E-state index in [4.69, 9.17) is 24.5 Å². The Labute approximate surface area is 285 Å². The zero-order valence-electron chi connectivity index (χ0n) is 27.4. The number of fused-ring (bicyclic) bond motifs is 1. The molecular weight excluding hydrogens is 596 g/mol. The minimum Gasteiger partial charge on any atom is -0.777 e. The molecule has 12 nitrogen and oxygen atoms in total. The quantitative estimate of drug-likeness (QED) is 0.0793. The summed E-state index contributed by atoms with van der Waals surface area (Å²) in [6, 6.07) is 0. The molecule has 0 aliphatic heterocycles. The van der Waals surface area contributed by atoms with Crippen molar-refractivity contribution in [2.75, 3.05) is 45.6 Å². The molecule has 14 heteroatoms. The number of anilines is 1. The third kappa shape index (κ3) is 18.4. The van der Waals surface area contributed by atoms with Crippen LogP contribution in [0.4, 0.5) is 5.95 Å². The van der Waals surface area contributed by atoms with Crippen LogP contribution in [0.25, 0.3) is 11.2 Å². The summed E-state index contributed by atoms with van der Waals surface area (Å²) in [5.74, 6) is -0.0436. The fourth-order valence-corrected chi connectivity index (χ4v) is 5.81. The molecule has 1 unspecified atom stereocenters. The van der Waals surface area contributed by atoms with Crippen molar-refractivity contribution < 1.29 is 57.8 Å². The molecule has 248 valence electrons. The number of imidazole rings is 1. The van der Waals surface area contributed by atoms with Gasteiger partial charge in [0.05, 0.1) is 38.8 Å². The van der Waals surface area contributed by atoms with E-state index in [-0.39, 0.29) is 73.0 Å². The number of unbranched alkanes of at least 4 members (excludes halogenated alkanes) is 15. The first-order valence-electron chi connectivity index (χ1n) is 16.2. The summed E-state index contributed by atoms with van der Waals surface area (Å²) < 4.78 is 35.2.